The van der Waals surface area contributed by atoms with Crippen LogP contribution in [0.25, 0.3) is 11.1 Å². The monoisotopic (exact) mass is 674 g/mol. The molecule has 4 aromatic heterocycles. The van der Waals surface area contributed by atoms with Crippen LogP contribution in [-0.2, 0) is 24.9 Å². The Morgan fingerprint density at radius 3 is 2.54 bits per heavy atom. The number of anilines is 2. The van der Waals surface area contributed by atoms with Gasteiger partial charge in [-0.1, -0.05) is 17.7 Å². The number of ether oxygens (including phenoxy) is 3. The van der Waals surface area contributed by atoms with Crippen LogP contribution in [0.5, 0.6) is 11.6 Å². The Morgan fingerprint density at radius 1 is 1.02 bits per heavy atom. The van der Waals surface area contributed by atoms with E-state index in [-0.39, 0.29) is 12.1 Å². The molecule has 48 heavy (non-hydrogen) atoms. The first-order valence-electron chi connectivity index (χ1n) is 16.3. The highest BCUT2D eigenvalue weighted by Crippen LogP contribution is 2.35. The molecule has 5 aromatic rings. The van der Waals surface area contributed by atoms with Gasteiger partial charge in [0.15, 0.2) is 0 Å². The molecule has 2 fully saturated rings. The van der Waals surface area contributed by atoms with E-state index in [1.807, 2.05) is 49.2 Å². The fourth-order valence-corrected chi connectivity index (χ4v) is 6.45. The zero-order valence-corrected chi connectivity index (χ0v) is 27.8. The Balaban J connectivity index is 1.04. The maximum Gasteiger partial charge on any atom is 0.257 e. The average molecular weight is 675 g/mol. The maximum absolute atomic E-state index is 6.46. The lowest BCUT2D eigenvalue weighted by atomic mass is 9.90. The minimum Gasteiger partial charge on any atom is -0.487 e. The number of benzene rings is 1. The third kappa shape index (κ3) is 7.75. The molecule has 0 unspecified atom stereocenters. The van der Waals surface area contributed by atoms with Crippen molar-refractivity contribution in [1.82, 2.24) is 54.6 Å². The van der Waals surface area contributed by atoms with Gasteiger partial charge in [0.05, 0.1) is 42.7 Å². The summed E-state index contributed by atoms with van der Waals surface area (Å²) in [5, 5.41) is 24.4. The molecule has 1 aromatic carbocycles. The predicted octanol–water partition coefficient (Wildman–Crippen LogP) is 4.32. The van der Waals surface area contributed by atoms with Gasteiger partial charge in [-0.2, -0.15) is 5.10 Å². The van der Waals surface area contributed by atoms with Crippen molar-refractivity contribution in [3.63, 3.8) is 0 Å². The number of nitrogens with zero attached hydrogens (tertiary/aromatic N) is 11. The molecule has 1 aliphatic heterocycles. The summed E-state index contributed by atoms with van der Waals surface area (Å²) in [6.45, 7) is 6.40. The number of nitrogens with one attached hydrogen (secondary N) is 1. The molecule has 16 heteroatoms. The highest BCUT2D eigenvalue weighted by Gasteiger charge is 2.29. The highest BCUT2D eigenvalue weighted by atomic mass is 35.5. The quantitative estimate of drug-likeness (QED) is 0.201. The molecule has 2 aliphatic rings. The van der Waals surface area contributed by atoms with Crippen LogP contribution in [0.3, 0.4) is 0 Å². The van der Waals surface area contributed by atoms with Crippen molar-refractivity contribution in [2.75, 3.05) is 31.6 Å². The van der Waals surface area contributed by atoms with E-state index in [9.17, 15) is 0 Å². The summed E-state index contributed by atoms with van der Waals surface area (Å²) in [6.07, 6.45) is 13.1. The van der Waals surface area contributed by atoms with Gasteiger partial charge in [0.2, 0.25) is 5.95 Å². The molecule has 0 amide bonds. The molecule has 1 saturated carbocycles. The van der Waals surface area contributed by atoms with E-state index in [0.717, 1.165) is 68.8 Å². The van der Waals surface area contributed by atoms with Crippen LogP contribution >= 0.6 is 11.6 Å². The zero-order valence-electron chi connectivity index (χ0n) is 27.0. The Bertz CT molecular complexity index is 1760. The molecule has 0 spiro atoms. The van der Waals surface area contributed by atoms with Gasteiger partial charge >= 0.3 is 0 Å². The summed E-state index contributed by atoms with van der Waals surface area (Å²) in [5.74, 6) is 1.47. The lowest BCUT2D eigenvalue weighted by Gasteiger charge is -2.38. The van der Waals surface area contributed by atoms with E-state index in [4.69, 9.17) is 30.9 Å². The molecule has 7 rings (SSSR count). The van der Waals surface area contributed by atoms with Crippen molar-refractivity contribution >= 4 is 23.2 Å². The molecule has 1 saturated heterocycles. The van der Waals surface area contributed by atoms with E-state index in [2.05, 4.69) is 40.8 Å². The van der Waals surface area contributed by atoms with Gasteiger partial charge in [0.1, 0.15) is 30.5 Å². The second kappa shape index (κ2) is 14.7. The third-order valence-corrected chi connectivity index (χ3v) is 9.06. The molecule has 252 valence electrons. The van der Waals surface area contributed by atoms with Gasteiger partial charge in [-0.25, -0.2) is 14.6 Å². The number of hydrogen-bond acceptors (Lipinski definition) is 12. The number of morpholine rings is 1. The summed E-state index contributed by atoms with van der Waals surface area (Å²) in [6, 6.07) is 8.42. The van der Waals surface area contributed by atoms with Gasteiger partial charge in [0, 0.05) is 50.3 Å². The highest BCUT2D eigenvalue weighted by molar-refractivity contribution is 6.32. The minimum atomic E-state index is -0.209. The second-order valence-corrected chi connectivity index (χ2v) is 12.6. The first-order valence-corrected chi connectivity index (χ1v) is 16.6. The van der Waals surface area contributed by atoms with Crippen molar-refractivity contribution in [3.8, 4) is 22.8 Å². The van der Waals surface area contributed by atoms with E-state index in [1.54, 1.807) is 34.2 Å². The zero-order chi connectivity index (χ0) is 32.9. The number of hydrogen-bond donors (Lipinski definition) is 1. The Labute approximate surface area is 283 Å². The number of aryl methyl sites for hydroxylation is 1. The van der Waals surface area contributed by atoms with E-state index < -0.39 is 0 Å². The van der Waals surface area contributed by atoms with Crippen LogP contribution in [0, 0.1) is 0 Å². The number of aromatic nitrogens is 10. The largest absolute Gasteiger partial charge is 0.487 e. The molecule has 1 N–H and O–H groups in total. The molecule has 1 aliphatic carbocycles. The van der Waals surface area contributed by atoms with Gasteiger partial charge in [0.25, 0.3) is 5.88 Å². The van der Waals surface area contributed by atoms with Crippen molar-refractivity contribution in [2.45, 2.75) is 63.9 Å². The van der Waals surface area contributed by atoms with Gasteiger partial charge in [-0.05, 0) is 66.8 Å². The molecule has 5 heterocycles. The lowest BCUT2D eigenvalue weighted by molar-refractivity contribution is 0.00502. The fourth-order valence-electron chi connectivity index (χ4n) is 6.28. The molecular formula is C32H39ClN12O3. The van der Waals surface area contributed by atoms with Gasteiger partial charge in [-0.3, -0.25) is 14.3 Å². The Kier molecular flexibility index (Phi) is 9.77. The summed E-state index contributed by atoms with van der Waals surface area (Å²) in [5.41, 5.74) is 3.21. The van der Waals surface area contributed by atoms with Gasteiger partial charge in [-0.15, -0.1) is 10.2 Å². The second-order valence-electron chi connectivity index (χ2n) is 12.2. The summed E-state index contributed by atoms with van der Waals surface area (Å²) < 4.78 is 23.3. The van der Waals surface area contributed by atoms with Crippen LogP contribution < -0.4 is 14.8 Å². The Morgan fingerprint density at radius 2 is 1.81 bits per heavy atom. The van der Waals surface area contributed by atoms with Crippen molar-refractivity contribution in [1.29, 1.82) is 0 Å². The van der Waals surface area contributed by atoms with Crippen molar-refractivity contribution < 1.29 is 14.2 Å². The maximum atomic E-state index is 6.46. The van der Waals surface area contributed by atoms with E-state index in [0.29, 0.717) is 47.5 Å². The summed E-state index contributed by atoms with van der Waals surface area (Å²) >= 11 is 6.46. The summed E-state index contributed by atoms with van der Waals surface area (Å²) in [4.78, 5) is 11.8. The lowest BCUT2D eigenvalue weighted by Crippen LogP contribution is -2.45. The number of halogens is 1. The molecule has 0 radical (unpaired) electrons. The van der Waals surface area contributed by atoms with Crippen LogP contribution in [0.2, 0.25) is 5.02 Å². The smallest absolute Gasteiger partial charge is 0.257 e. The average Bonchev–Trinajstić information content (AvgIpc) is 3.88. The van der Waals surface area contributed by atoms with Crippen molar-refractivity contribution in [3.05, 3.63) is 66.1 Å². The predicted molar refractivity (Wildman–Crippen MR) is 177 cm³/mol. The molecule has 1 atom stereocenters. The van der Waals surface area contributed by atoms with E-state index >= 15 is 0 Å². The van der Waals surface area contributed by atoms with Crippen molar-refractivity contribution in [2.24, 2.45) is 7.05 Å². The third-order valence-electron chi connectivity index (χ3n) is 8.75. The van der Waals surface area contributed by atoms with Crippen LogP contribution in [0.15, 0.2) is 55.4 Å². The van der Waals surface area contributed by atoms with Crippen LogP contribution in [0.1, 0.15) is 44.3 Å². The van der Waals surface area contributed by atoms with Crippen LogP contribution in [0.4, 0.5) is 11.6 Å². The van der Waals surface area contributed by atoms with Gasteiger partial charge < -0.3 is 19.5 Å². The first kappa shape index (κ1) is 32.0. The first-order chi connectivity index (χ1) is 23.5. The standard InChI is InChI=1S/C32H39ClN12O3/c1-22(18-44-21-36-40-41-44)48-30-15-23(3-8-28(30)33)24-16-34-32(35-17-24)37-29-19-45(39-31(29)47-20-25-9-10-42(2)38-25)27-6-4-26(5-7-27)43-11-13-46-14-12-43/h3,8-10,15-17,19,21-22,26-27H,4-7,11-14,18,20H2,1-2H3,(H,34,35,37)/t22-,26?,27?/m0/s1. The molecule has 15 nitrogen and oxygen atoms in total. The Hall–Kier alpha value is -4.60. The van der Waals surface area contributed by atoms with E-state index in [1.165, 1.54) is 0 Å². The minimum absolute atomic E-state index is 0.209. The normalized spacial score (nSPS) is 19.2. The number of rotatable bonds is 12. The molecule has 0 bridgehead atoms. The summed E-state index contributed by atoms with van der Waals surface area (Å²) in [7, 11) is 1.89. The SMILES string of the molecule is C[C@@H](Cn1cnnn1)Oc1cc(-c2cnc(Nc3cn(C4CCC(N5CCOCC5)CC4)nc3OCc3ccn(C)n3)nc2)ccc1Cl. The topological polar surface area (TPSA) is 148 Å². The fraction of sp³-hybridized carbons (Fsp3) is 0.469. The molecular weight excluding hydrogens is 636 g/mol. The van der Waals surface area contributed by atoms with Crippen LogP contribution in [-0.4, -0.2) is 93.1 Å². The number of tetrazole rings is 1.